The minimum absolute atomic E-state index is 0.190. The number of para-hydroxylation sites is 2. The van der Waals surface area contributed by atoms with Gasteiger partial charge in [0, 0.05) is 0 Å². The number of ether oxygens (including phenoxy) is 1. The Bertz CT molecular complexity index is 1350. The summed E-state index contributed by atoms with van der Waals surface area (Å²) in [5, 5.41) is 3.69. The summed E-state index contributed by atoms with van der Waals surface area (Å²) in [7, 11) is 0. The van der Waals surface area contributed by atoms with E-state index in [9.17, 15) is 9.59 Å². The van der Waals surface area contributed by atoms with Crippen LogP contribution in [0.3, 0.4) is 0 Å². The molecule has 1 N–H and O–H groups in total. The molecule has 0 spiro atoms. The average molecular weight is 434 g/mol. The van der Waals surface area contributed by atoms with E-state index in [1.807, 2.05) is 13.0 Å². The molecule has 0 bridgehead atoms. The number of hydrogen-bond acceptors (Lipinski definition) is 4. The van der Waals surface area contributed by atoms with Crippen molar-refractivity contribution < 1.29 is 9.53 Å². The number of nitrogens with zero attached hydrogens (tertiary/aromatic N) is 2. The molecule has 156 valence electrons. The van der Waals surface area contributed by atoms with E-state index in [2.05, 4.69) is 10.3 Å². The minimum atomic E-state index is -0.358. The number of aryl methyl sites for hydroxylation is 1. The van der Waals surface area contributed by atoms with Crippen molar-refractivity contribution in [2.45, 2.75) is 13.8 Å². The van der Waals surface area contributed by atoms with E-state index in [0.717, 1.165) is 0 Å². The Morgan fingerprint density at radius 3 is 2.65 bits per heavy atom. The number of benzene rings is 3. The van der Waals surface area contributed by atoms with Gasteiger partial charge in [-0.25, -0.2) is 4.98 Å². The Balaban J connectivity index is 1.75. The zero-order valence-corrected chi connectivity index (χ0v) is 17.8. The number of carbonyl (C=O) groups is 1. The fourth-order valence-electron chi connectivity index (χ4n) is 3.42. The van der Waals surface area contributed by atoms with Crippen molar-refractivity contribution in [3.63, 3.8) is 0 Å². The van der Waals surface area contributed by atoms with Gasteiger partial charge < -0.3 is 10.1 Å². The number of halogens is 1. The van der Waals surface area contributed by atoms with E-state index in [0.29, 0.717) is 51.0 Å². The summed E-state index contributed by atoms with van der Waals surface area (Å²) in [5.74, 6) is 0.661. The van der Waals surface area contributed by atoms with Crippen LogP contribution >= 0.6 is 11.6 Å². The fraction of sp³-hybridized carbons (Fsp3) is 0.125. The maximum absolute atomic E-state index is 13.1. The fourth-order valence-corrected chi connectivity index (χ4v) is 3.59. The lowest BCUT2D eigenvalue weighted by Gasteiger charge is -2.14. The van der Waals surface area contributed by atoms with Gasteiger partial charge in [0.05, 0.1) is 39.5 Å². The number of hydrogen-bond donors (Lipinski definition) is 1. The van der Waals surface area contributed by atoms with Gasteiger partial charge in [0.1, 0.15) is 11.6 Å². The smallest absolute Gasteiger partial charge is 0.265 e. The van der Waals surface area contributed by atoms with Crippen molar-refractivity contribution in [1.82, 2.24) is 9.55 Å². The van der Waals surface area contributed by atoms with E-state index < -0.39 is 0 Å². The highest BCUT2D eigenvalue weighted by molar-refractivity contribution is 6.34. The van der Waals surface area contributed by atoms with Crippen molar-refractivity contribution in [3.8, 4) is 11.4 Å². The topological polar surface area (TPSA) is 73.2 Å². The third-order valence-corrected chi connectivity index (χ3v) is 5.16. The van der Waals surface area contributed by atoms with Gasteiger partial charge in [-0.1, -0.05) is 35.9 Å². The van der Waals surface area contributed by atoms with Gasteiger partial charge in [0.25, 0.3) is 11.5 Å². The maximum atomic E-state index is 13.1. The largest absolute Gasteiger partial charge is 0.493 e. The van der Waals surface area contributed by atoms with Gasteiger partial charge in [0.2, 0.25) is 0 Å². The highest BCUT2D eigenvalue weighted by Gasteiger charge is 2.16. The minimum Gasteiger partial charge on any atom is -0.493 e. The summed E-state index contributed by atoms with van der Waals surface area (Å²) in [6.45, 7) is 4.06. The summed E-state index contributed by atoms with van der Waals surface area (Å²) in [6, 6.07) is 19.2. The predicted molar refractivity (Wildman–Crippen MR) is 123 cm³/mol. The number of rotatable bonds is 5. The number of carbonyl (C=O) groups excluding carboxylic acids is 1. The molecule has 1 amide bonds. The van der Waals surface area contributed by atoms with Crippen molar-refractivity contribution in [2.24, 2.45) is 0 Å². The molecule has 3 aromatic carbocycles. The van der Waals surface area contributed by atoms with Crippen LogP contribution in [0.1, 0.15) is 23.1 Å². The molecule has 0 unspecified atom stereocenters. The third-order valence-electron chi connectivity index (χ3n) is 4.83. The second-order valence-electron chi connectivity index (χ2n) is 6.86. The predicted octanol–water partition coefficient (Wildman–Crippen LogP) is 5.00. The third kappa shape index (κ3) is 4.02. The van der Waals surface area contributed by atoms with Crippen LogP contribution in [0, 0.1) is 6.92 Å². The SMILES string of the molecule is CCOc1ccccc1C(=O)Nc1cc(-n2c(C)nc3ccccc3c2=O)ccc1Cl. The lowest BCUT2D eigenvalue weighted by Crippen LogP contribution is -2.22. The first-order valence-electron chi connectivity index (χ1n) is 9.81. The number of fused-ring (bicyclic) bond motifs is 1. The van der Waals surface area contributed by atoms with Gasteiger partial charge >= 0.3 is 0 Å². The van der Waals surface area contributed by atoms with Gasteiger partial charge in [-0.2, -0.15) is 0 Å². The number of anilines is 1. The number of amides is 1. The Kier molecular flexibility index (Phi) is 5.73. The van der Waals surface area contributed by atoms with Crippen LogP contribution in [0.2, 0.25) is 5.02 Å². The van der Waals surface area contributed by atoms with Crippen LogP contribution in [0.4, 0.5) is 5.69 Å². The van der Waals surface area contributed by atoms with E-state index in [1.165, 1.54) is 4.57 Å². The molecular weight excluding hydrogens is 414 g/mol. The van der Waals surface area contributed by atoms with E-state index in [-0.39, 0.29) is 11.5 Å². The molecular formula is C24H20ClN3O3. The van der Waals surface area contributed by atoms with Crippen LogP contribution in [0.25, 0.3) is 16.6 Å². The molecule has 0 aliphatic heterocycles. The first-order chi connectivity index (χ1) is 15.0. The van der Waals surface area contributed by atoms with E-state index >= 15 is 0 Å². The molecule has 4 aromatic rings. The molecule has 0 radical (unpaired) electrons. The second-order valence-corrected chi connectivity index (χ2v) is 7.27. The van der Waals surface area contributed by atoms with Gasteiger partial charge in [-0.3, -0.25) is 14.2 Å². The molecule has 0 aliphatic carbocycles. The monoisotopic (exact) mass is 433 g/mol. The molecule has 0 saturated heterocycles. The van der Waals surface area contributed by atoms with Gasteiger partial charge in [-0.15, -0.1) is 0 Å². The molecule has 0 saturated carbocycles. The molecule has 7 heteroatoms. The van der Waals surface area contributed by atoms with Crippen LogP contribution in [-0.4, -0.2) is 22.1 Å². The summed E-state index contributed by atoms with van der Waals surface area (Å²) in [6.07, 6.45) is 0. The Morgan fingerprint density at radius 1 is 1.10 bits per heavy atom. The lowest BCUT2D eigenvalue weighted by molar-refractivity contribution is 0.102. The first-order valence-corrected chi connectivity index (χ1v) is 10.2. The molecule has 0 aliphatic rings. The van der Waals surface area contributed by atoms with Gasteiger partial charge in [-0.05, 0) is 56.3 Å². The summed E-state index contributed by atoms with van der Waals surface area (Å²) < 4.78 is 7.05. The zero-order valence-electron chi connectivity index (χ0n) is 17.1. The highest BCUT2D eigenvalue weighted by Crippen LogP contribution is 2.27. The summed E-state index contributed by atoms with van der Waals surface area (Å²) in [5.41, 5.74) is 1.78. The van der Waals surface area contributed by atoms with Crippen molar-refractivity contribution >= 4 is 34.1 Å². The molecule has 1 aromatic heterocycles. The molecule has 31 heavy (non-hydrogen) atoms. The standard InChI is InChI=1S/C24H20ClN3O3/c1-3-31-22-11-7-5-9-18(22)23(29)27-21-14-16(12-13-19(21)25)28-15(2)26-20-10-6-4-8-17(20)24(28)30/h4-14H,3H2,1-2H3,(H,27,29). The van der Waals surface area contributed by atoms with Gasteiger partial charge in [0.15, 0.2) is 0 Å². The summed E-state index contributed by atoms with van der Waals surface area (Å²) in [4.78, 5) is 30.5. The van der Waals surface area contributed by atoms with Crippen LogP contribution in [0.5, 0.6) is 5.75 Å². The van der Waals surface area contributed by atoms with E-state index in [4.69, 9.17) is 16.3 Å². The second kappa shape index (κ2) is 8.62. The Morgan fingerprint density at radius 2 is 1.84 bits per heavy atom. The molecule has 0 atom stereocenters. The van der Waals surface area contributed by atoms with Crippen molar-refractivity contribution in [1.29, 1.82) is 0 Å². The van der Waals surface area contributed by atoms with Crippen LogP contribution in [-0.2, 0) is 0 Å². The molecule has 6 nitrogen and oxygen atoms in total. The van der Waals surface area contributed by atoms with Crippen molar-refractivity contribution in [3.05, 3.63) is 93.5 Å². The first kappa shape index (κ1) is 20.6. The zero-order chi connectivity index (χ0) is 22.0. The van der Waals surface area contributed by atoms with Crippen LogP contribution in [0.15, 0.2) is 71.5 Å². The Labute approximate surface area is 184 Å². The molecule has 4 rings (SSSR count). The maximum Gasteiger partial charge on any atom is 0.265 e. The number of aromatic nitrogens is 2. The Hall–Kier alpha value is -3.64. The van der Waals surface area contributed by atoms with Crippen LogP contribution < -0.4 is 15.6 Å². The van der Waals surface area contributed by atoms with Crippen molar-refractivity contribution in [2.75, 3.05) is 11.9 Å². The van der Waals surface area contributed by atoms with E-state index in [1.54, 1.807) is 67.6 Å². The number of nitrogens with one attached hydrogen (secondary N) is 1. The molecule has 0 fully saturated rings. The molecule has 1 heterocycles. The average Bonchev–Trinajstić information content (AvgIpc) is 2.76. The highest BCUT2D eigenvalue weighted by atomic mass is 35.5. The summed E-state index contributed by atoms with van der Waals surface area (Å²) >= 11 is 6.34. The quantitative estimate of drug-likeness (QED) is 0.480. The lowest BCUT2D eigenvalue weighted by atomic mass is 10.1. The normalized spacial score (nSPS) is 10.8.